The van der Waals surface area contributed by atoms with Gasteiger partial charge in [-0.25, -0.2) is 0 Å². The maximum absolute atomic E-state index is 5.50. The van der Waals surface area contributed by atoms with Crippen molar-refractivity contribution in [3.05, 3.63) is 0 Å². The quantitative estimate of drug-likeness (QED) is 0.812. The van der Waals surface area contributed by atoms with Gasteiger partial charge in [-0.3, -0.25) is 4.90 Å². The third-order valence-electron chi connectivity index (χ3n) is 4.26. The number of nitrogens with one attached hydrogen (secondary N) is 1. The molecule has 2 heterocycles. The van der Waals surface area contributed by atoms with Gasteiger partial charge in [-0.1, -0.05) is 13.3 Å². The molecule has 2 rings (SSSR count). The van der Waals surface area contributed by atoms with Crippen LogP contribution < -0.4 is 5.32 Å². The van der Waals surface area contributed by atoms with Crippen LogP contribution in [-0.2, 0) is 4.74 Å². The van der Waals surface area contributed by atoms with E-state index in [1.165, 1.54) is 32.4 Å². The molecule has 0 aromatic rings. The van der Waals surface area contributed by atoms with E-state index in [4.69, 9.17) is 4.74 Å². The van der Waals surface area contributed by atoms with Crippen LogP contribution in [0.3, 0.4) is 0 Å². The summed E-state index contributed by atoms with van der Waals surface area (Å²) in [6.07, 6.45) is 3.82. The monoisotopic (exact) mass is 240 g/mol. The Labute approximate surface area is 106 Å². The zero-order chi connectivity index (χ0) is 12.3. The molecule has 0 amide bonds. The first-order chi connectivity index (χ1) is 8.12. The molecule has 0 aromatic heterocycles. The van der Waals surface area contributed by atoms with Crippen LogP contribution in [0, 0.1) is 5.92 Å². The van der Waals surface area contributed by atoms with Crippen molar-refractivity contribution in [2.24, 2.45) is 5.92 Å². The van der Waals surface area contributed by atoms with E-state index in [9.17, 15) is 0 Å². The van der Waals surface area contributed by atoms with Crippen molar-refractivity contribution in [2.75, 3.05) is 32.8 Å². The van der Waals surface area contributed by atoms with Crippen molar-refractivity contribution in [3.63, 3.8) is 0 Å². The average molecular weight is 240 g/mol. The lowest BCUT2D eigenvalue weighted by Crippen LogP contribution is -2.62. The minimum atomic E-state index is 0.298. The molecule has 100 valence electrons. The van der Waals surface area contributed by atoms with Crippen LogP contribution in [0.25, 0.3) is 0 Å². The van der Waals surface area contributed by atoms with E-state index in [1.807, 2.05) is 0 Å². The van der Waals surface area contributed by atoms with Gasteiger partial charge >= 0.3 is 0 Å². The van der Waals surface area contributed by atoms with E-state index in [-0.39, 0.29) is 0 Å². The molecule has 0 aliphatic carbocycles. The Morgan fingerprint density at radius 3 is 2.88 bits per heavy atom. The highest BCUT2D eigenvalue weighted by Crippen LogP contribution is 2.24. The topological polar surface area (TPSA) is 24.5 Å². The summed E-state index contributed by atoms with van der Waals surface area (Å²) in [5, 5.41) is 3.69. The lowest BCUT2D eigenvalue weighted by Gasteiger charge is -2.47. The first-order valence-corrected chi connectivity index (χ1v) is 7.18. The summed E-state index contributed by atoms with van der Waals surface area (Å²) in [6, 6.07) is 0.690. The minimum absolute atomic E-state index is 0.298. The normalized spacial score (nSPS) is 34.1. The molecular weight excluding hydrogens is 212 g/mol. The molecule has 2 unspecified atom stereocenters. The second kappa shape index (κ2) is 5.68. The fourth-order valence-corrected chi connectivity index (χ4v) is 2.99. The van der Waals surface area contributed by atoms with Crippen molar-refractivity contribution in [1.29, 1.82) is 0 Å². The largest absolute Gasteiger partial charge is 0.381 e. The molecule has 0 aromatic carbocycles. The Morgan fingerprint density at radius 1 is 1.41 bits per heavy atom. The molecule has 2 fully saturated rings. The summed E-state index contributed by atoms with van der Waals surface area (Å²) in [5.74, 6) is 0.759. The van der Waals surface area contributed by atoms with Gasteiger partial charge in [0.1, 0.15) is 0 Å². The van der Waals surface area contributed by atoms with E-state index in [2.05, 4.69) is 31.0 Å². The summed E-state index contributed by atoms with van der Waals surface area (Å²) < 4.78 is 5.50. The summed E-state index contributed by atoms with van der Waals surface area (Å²) in [7, 11) is 0. The highest BCUT2D eigenvalue weighted by Gasteiger charge is 2.35. The van der Waals surface area contributed by atoms with Crippen LogP contribution in [0.1, 0.15) is 40.0 Å². The summed E-state index contributed by atoms with van der Waals surface area (Å²) in [5.41, 5.74) is 0.298. The van der Waals surface area contributed by atoms with Gasteiger partial charge < -0.3 is 10.1 Å². The van der Waals surface area contributed by atoms with Gasteiger partial charge in [-0.2, -0.15) is 0 Å². The van der Waals surface area contributed by atoms with Gasteiger partial charge in [0.15, 0.2) is 0 Å². The smallest absolute Gasteiger partial charge is 0.0507 e. The number of nitrogens with zero attached hydrogens (tertiary/aromatic N) is 1. The Morgan fingerprint density at radius 2 is 2.24 bits per heavy atom. The van der Waals surface area contributed by atoms with Crippen LogP contribution in [0.5, 0.6) is 0 Å². The fourth-order valence-electron chi connectivity index (χ4n) is 2.99. The van der Waals surface area contributed by atoms with Gasteiger partial charge in [-0.15, -0.1) is 0 Å². The van der Waals surface area contributed by atoms with E-state index in [0.29, 0.717) is 11.6 Å². The summed E-state index contributed by atoms with van der Waals surface area (Å²) >= 11 is 0. The average Bonchev–Trinajstić information content (AvgIpc) is 2.76. The zero-order valence-electron chi connectivity index (χ0n) is 11.7. The van der Waals surface area contributed by atoms with Crippen molar-refractivity contribution < 1.29 is 4.74 Å². The molecule has 0 spiro atoms. The second-order valence-corrected chi connectivity index (χ2v) is 6.31. The third kappa shape index (κ3) is 3.43. The predicted molar refractivity (Wildman–Crippen MR) is 71.3 cm³/mol. The molecule has 3 heteroatoms. The number of rotatable bonds is 4. The second-order valence-electron chi connectivity index (χ2n) is 6.31. The summed E-state index contributed by atoms with van der Waals surface area (Å²) in [4.78, 5) is 2.68. The Bertz CT molecular complexity index is 236. The summed E-state index contributed by atoms with van der Waals surface area (Å²) in [6.45, 7) is 12.5. The number of hydrogen-bond acceptors (Lipinski definition) is 3. The van der Waals surface area contributed by atoms with Crippen molar-refractivity contribution in [3.8, 4) is 0 Å². The van der Waals surface area contributed by atoms with E-state index in [0.717, 1.165) is 25.7 Å². The SMILES string of the molecule is CCCC1CN(CC2CCOC2)C(C)(C)CN1. The van der Waals surface area contributed by atoms with E-state index < -0.39 is 0 Å². The van der Waals surface area contributed by atoms with Crippen LogP contribution in [-0.4, -0.2) is 49.3 Å². The van der Waals surface area contributed by atoms with Crippen molar-refractivity contribution in [1.82, 2.24) is 10.2 Å². The van der Waals surface area contributed by atoms with Gasteiger partial charge in [0.25, 0.3) is 0 Å². The van der Waals surface area contributed by atoms with E-state index >= 15 is 0 Å². The Hall–Kier alpha value is -0.120. The van der Waals surface area contributed by atoms with Gasteiger partial charge in [0.05, 0.1) is 6.61 Å². The Kier molecular flexibility index (Phi) is 4.45. The molecule has 0 radical (unpaired) electrons. The number of hydrogen-bond donors (Lipinski definition) is 1. The van der Waals surface area contributed by atoms with Crippen LogP contribution in [0.4, 0.5) is 0 Å². The molecule has 2 saturated heterocycles. The van der Waals surface area contributed by atoms with Crippen LogP contribution >= 0.6 is 0 Å². The molecule has 0 bridgehead atoms. The fraction of sp³-hybridized carbons (Fsp3) is 1.00. The highest BCUT2D eigenvalue weighted by molar-refractivity contribution is 4.93. The van der Waals surface area contributed by atoms with Crippen molar-refractivity contribution in [2.45, 2.75) is 51.6 Å². The standard InChI is InChI=1S/C14H28N2O/c1-4-5-13-9-16(14(2,3)11-15-13)8-12-6-7-17-10-12/h12-13,15H,4-11H2,1-3H3. The van der Waals surface area contributed by atoms with Crippen LogP contribution in [0.15, 0.2) is 0 Å². The minimum Gasteiger partial charge on any atom is -0.381 e. The molecule has 17 heavy (non-hydrogen) atoms. The first kappa shape index (κ1) is 13.3. The van der Waals surface area contributed by atoms with E-state index in [1.54, 1.807) is 0 Å². The van der Waals surface area contributed by atoms with Gasteiger partial charge in [-0.05, 0) is 32.6 Å². The number of piperazine rings is 1. The Balaban J connectivity index is 1.90. The zero-order valence-corrected chi connectivity index (χ0v) is 11.7. The molecule has 3 nitrogen and oxygen atoms in total. The van der Waals surface area contributed by atoms with Crippen molar-refractivity contribution >= 4 is 0 Å². The molecular formula is C14H28N2O. The maximum Gasteiger partial charge on any atom is 0.0507 e. The van der Waals surface area contributed by atoms with Gasteiger partial charge in [0, 0.05) is 37.8 Å². The first-order valence-electron chi connectivity index (χ1n) is 7.18. The molecule has 0 saturated carbocycles. The molecule has 2 aliphatic rings. The highest BCUT2D eigenvalue weighted by atomic mass is 16.5. The third-order valence-corrected chi connectivity index (χ3v) is 4.26. The number of ether oxygens (including phenoxy) is 1. The molecule has 2 atom stereocenters. The lowest BCUT2D eigenvalue weighted by atomic mass is 9.94. The molecule has 2 aliphatic heterocycles. The predicted octanol–water partition coefficient (Wildman–Crippen LogP) is 1.88. The lowest BCUT2D eigenvalue weighted by molar-refractivity contribution is 0.0460. The maximum atomic E-state index is 5.50. The van der Waals surface area contributed by atoms with Gasteiger partial charge in [0.2, 0.25) is 0 Å². The molecule has 1 N–H and O–H groups in total. The van der Waals surface area contributed by atoms with Crippen LogP contribution in [0.2, 0.25) is 0 Å².